The van der Waals surface area contributed by atoms with Gasteiger partial charge in [-0.25, -0.2) is 9.97 Å². The van der Waals surface area contributed by atoms with Crippen molar-refractivity contribution in [2.75, 3.05) is 30.3 Å². The third-order valence-corrected chi connectivity index (χ3v) is 4.86. The number of anilines is 1. The molecule has 0 saturated carbocycles. The van der Waals surface area contributed by atoms with Crippen LogP contribution in [0.3, 0.4) is 0 Å². The lowest BCUT2D eigenvalue weighted by Crippen LogP contribution is -2.33. The number of amides is 1. The first-order chi connectivity index (χ1) is 10.7. The molecule has 122 valence electrons. The van der Waals surface area contributed by atoms with E-state index in [2.05, 4.69) is 34.0 Å². The summed E-state index contributed by atoms with van der Waals surface area (Å²) in [6.45, 7) is 7.29. The summed E-state index contributed by atoms with van der Waals surface area (Å²) in [5.41, 5.74) is 0. The Morgan fingerprint density at radius 2 is 2.18 bits per heavy atom. The van der Waals surface area contributed by atoms with Gasteiger partial charge in [0, 0.05) is 25.7 Å². The van der Waals surface area contributed by atoms with Gasteiger partial charge in [0.1, 0.15) is 17.2 Å². The molecule has 0 aromatic carbocycles. The maximum Gasteiger partial charge on any atom is 0.230 e. The molecule has 1 fully saturated rings. The highest BCUT2D eigenvalue weighted by atomic mass is 32.2. The van der Waals surface area contributed by atoms with Gasteiger partial charge in [-0.3, -0.25) is 4.79 Å². The molecule has 2 rings (SSSR count). The highest BCUT2D eigenvalue weighted by Gasteiger charge is 2.17. The number of nitrogens with one attached hydrogen (secondary N) is 1. The zero-order valence-corrected chi connectivity index (χ0v) is 14.4. The monoisotopic (exact) mass is 322 g/mol. The van der Waals surface area contributed by atoms with Gasteiger partial charge < -0.3 is 10.2 Å². The van der Waals surface area contributed by atoms with Crippen LogP contribution in [-0.4, -0.2) is 41.3 Å². The normalized spacial score (nSPS) is 15.8. The Labute approximate surface area is 137 Å². The summed E-state index contributed by atoms with van der Waals surface area (Å²) in [6.07, 6.45) is 6.15. The van der Waals surface area contributed by atoms with Gasteiger partial charge >= 0.3 is 0 Å². The Balaban J connectivity index is 1.82. The van der Waals surface area contributed by atoms with Crippen molar-refractivity contribution in [3.63, 3.8) is 0 Å². The van der Waals surface area contributed by atoms with Gasteiger partial charge in [0.05, 0.1) is 5.75 Å². The van der Waals surface area contributed by atoms with E-state index < -0.39 is 0 Å². The van der Waals surface area contributed by atoms with Crippen molar-refractivity contribution in [2.45, 2.75) is 44.6 Å². The first-order valence-corrected chi connectivity index (χ1v) is 9.14. The van der Waals surface area contributed by atoms with Crippen molar-refractivity contribution < 1.29 is 4.79 Å². The molecular weight excluding hydrogens is 296 g/mol. The fraction of sp³-hybridized carbons (Fsp3) is 0.688. The van der Waals surface area contributed by atoms with Crippen molar-refractivity contribution in [2.24, 2.45) is 5.92 Å². The summed E-state index contributed by atoms with van der Waals surface area (Å²) < 4.78 is 0. The number of nitrogens with zero attached hydrogens (tertiary/aromatic N) is 3. The van der Waals surface area contributed by atoms with E-state index in [1.165, 1.54) is 24.6 Å². The maximum absolute atomic E-state index is 11.7. The second-order valence-corrected chi connectivity index (χ2v) is 6.87. The van der Waals surface area contributed by atoms with Crippen molar-refractivity contribution in [1.29, 1.82) is 0 Å². The SMILES string of the molecule is CCCCNC(=O)CSc1cc(N2CCC(C)CC2)ncn1. The molecule has 0 spiro atoms. The number of hydrogen-bond acceptors (Lipinski definition) is 5. The summed E-state index contributed by atoms with van der Waals surface area (Å²) in [5, 5.41) is 3.79. The van der Waals surface area contributed by atoms with Gasteiger partial charge in [-0.05, 0) is 25.2 Å². The standard InChI is InChI=1S/C16H26N4OS/c1-3-4-7-17-15(21)11-22-16-10-14(18-12-19-16)20-8-5-13(2)6-9-20/h10,12-13H,3-9,11H2,1-2H3,(H,17,21). The van der Waals surface area contributed by atoms with Crippen molar-refractivity contribution in [3.8, 4) is 0 Å². The van der Waals surface area contributed by atoms with Crippen LogP contribution in [0.1, 0.15) is 39.5 Å². The van der Waals surface area contributed by atoms with E-state index in [1.54, 1.807) is 6.33 Å². The maximum atomic E-state index is 11.7. The quantitative estimate of drug-likeness (QED) is 0.475. The average Bonchev–Trinajstić information content (AvgIpc) is 2.54. The molecule has 5 nitrogen and oxygen atoms in total. The molecule has 1 aliphatic rings. The minimum atomic E-state index is 0.0745. The van der Waals surface area contributed by atoms with Crippen LogP contribution < -0.4 is 10.2 Å². The zero-order chi connectivity index (χ0) is 15.8. The van der Waals surface area contributed by atoms with Gasteiger partial charge in [0.2, 0.25) is 5.91 Å². The molecule has 1 saturated heterocycles. The van der Waals surface area contributed by atoms with E-state index in [0.717, 1.165) is 49.2 Å². The summed E-state index contributed by atoms with van der Waals surface area (Å²) >= 11 is 1.48. The molecule has 0 atom stereocenters. The van der Waals surface area contributed by atoms with Crippen LogP contribution >= 0.6 is 11.8 Å². The fourth-order valence-electron chi connectivity index (χ4n) is 2.41. The molecule has 22 heavy (non-hydrogen) atoms. The van der Waals surface area contributed by atoms with Gasteiger partial charge in [-0.15, -0.1) is 0 Å². The molecule has 1 aromatic rings. The van der Waals surface area contributed by atoms with E-state index in [-0.39, 0.29) is 5.91 Å². The third kappa shape index (κ3) is 5.48. The van der Waals surface area contributed by atoms with Gasteiger partial charge in [0.15, 0.2) is 0 Å². The largest absolute Gasteiger partial charge is 0.356 e. The van der Waals surface area contributed by atoms with Crippen molar-refractivity contribution >= 4 is 23.5 Å². The molecule has 0 unspecified atom stereocenters. The first-order valence-electron chi connectivity index (χ1n) is 8.15. The summed E-state index contributed by atoms with van der Waals surface area (Å²) in [6, 6.07) is 2.00. The van der Waals surface area contributed by atoms with E-state index >= 15 is 0 Å². The summed E-state index contributed by atoms with van der Waals surface area (Å²) in [5.74, 6) is 2.27. The minimum Gasteiger partial charge on any atom is -0.356 e. The lowest BCUT2D eigenvalue weighted by atomic mass is 9.99. The van der Waals surface area contributed by atoms with Crippen LogP contribution in [0.2, 0.25) is 0 Å². The highest BCUT2D eigenvalue weighted by Crippen LogP contribution is 2.24. The Hall–Kier alpha value is -1.30. The third-order valence-electron chi connectivity index (χ3n) is 3.94. The fourth-order valence-corrected chi connectivity index (χ4v) is 3.11. The number of aromatic nitrogens is 2. The number of thioether (sulfide) groups is 1. The number of piperidine rings is 1. The van der Waals surface area contributed by atoms with Crippen LogP contribution in [0.25, 0.3) is 0 Å². The number of rotatable bonds is 7. The topological polar surface area (TPSA) is 58.1 Å². The van der Waals surface area contributed by atoms with Gasteiger partial charge in [0.25, 0.3) is 0 Å². The van der Waals surface area contributed by atoms with Crippen LogP contribution in [0.15, 0.2) is 17.4 Å². The zero-order valence-electron chi connectivity index (χ0n) is 13.5. The molecule has 1 amide bonds. The minimum absolute atomic E-state index is 0.0745. The number of unbranched alkanes of at least 4 members (excludes halogenated alkanes) is 1. The van der Waals surface area contributed by atoms with Crippen molar-refractivity contribution in [3.05, 3.63) is 12.4 Å². The molecule has 0 aliphatic carbocycles. The lowest BCUT2D eigenvalue weighted by molar-refractivity contribution is -0.118. The predicted molar refractivity (Wildman–Crippen MR) is 91.3 cm³/mol. The Bertz CT molecular complexity index is 475. The lowest BCUT2D eigenvalue weighted by Gasteiger charge is -2.31. The smallest absolute Gasteiger partial charge is 0.230 e. The van der Waals surface area contributed by atoms with E-state index in [4.69, 9.17) is 0 Å². The molecular formula is C16H26N4OS. The highest BCUT2D eigenvalue weighted by molar-refractivity contribution is 7.99. The summed E-state index contributed by atoms with van der Waals surface area (Å²) in [4.78, 5) is 22.7. The van der Waals surface area contributed by atoms with E-state index in [0.29, 0.717) is 5.75 Å². The molecule has 1 aromatic heterocycles. The van der Waals surface area contributed by atoms with E-state index in [1.807, 2.05) is 6.07 Å². The molecule has 6 heteroatoms. The molecule has 1 N–H and O–H groups in total. The molecule has 1 aliphatic heterocycles. The van der Waals surface area contributed by atoms with Gasteiger partial charge in [-0.2, -0.15) is 0 Å². The number of carbonyl (C=O) groups is 1. The van der Waals surface area contributed by atoms with Crippen LogP contribution in [0, 0.1) is 5.92 Å². The second-order valence-electron chi connectivity index (χ2n) is 5.88. The van der Waals surface area contributed by atoms with E-state index in [9.17, 15) is 4.79 Å². The Kier molecular flexibility index (Phi) is 6.96. The van der Waals surface area contributed by atoms with Crippen molar-refractivity contribution in [1.82, 2.24) is 15.3 Å². The Morgan fingerprint density at radius 1 is 1.41 bits per heavy atom. The molecule has 2 heterocycles. The van der Waals surface area contributed by atoms with Gasteiger partial charge in [-0.1, -0.05) is 32.0 Å². The first kappa shape index (κ1) is 17.1. The summed E-state index contributed by atoms with van der Waals surface area (Å²) in [7, 11) is 0. The van der Waals surface area contributed by atoms with Crippen LogP contribution in [-0.2, 0) is 4.79 Å². The predicted octanol–water partition coefficient (Wildman–Crippen LogP) is 2.72. The molecule has 0 bridgehead atoms. The molecule has 0 radical (unpaired) electrons. The Morgan fingerprint density at radius 3 is 2.91 bits per heavy atom. The van der Waals surface area contributed by atoms with Crippen LogP contribution in [0.5, 0.6) is 0 Å². The number of hydrogen-bond donors (Lipinski definition) is 1. The second kappa shape index (κ2) is 8.98. The van der Waals surface area contributed by atoms with Crippen LogP contribution in [0.4, 0.5) is 5.82 Å². The average molecular weight is 322 g/mol. The number of carbonyl (C=O) groups excluding carboxylic acids is 1.